The van der Waals surface area contributed by atoms with Crippen LogP contribution in [0.1, 0.15) is 6.92 Å². The van der Waals surface area contributed by atoms with Gasteiger partial charge in [-0.3, -0.25) is 4.79 Å². The lowest BCUT2D eigenvalue weighted by Gasteiger charge is -2.12. The highest BCUT2D eigenvalue weighted by Gasteiger charge is 2.19. The van der Waals surface area contributed by atoms with E-state index in [2.05, 4.69) is 15.5 Å². The Morgan fingerprint density at radius 2 is 1.92 bits per heavy atom. The number of amides is 1. The zero-order valence-corrected chi connectivity index (χ0v) is 15.7. The number of carbonyl (C=O) groups excluding carboxylic acids is 1. The minimum absolute atomic E-state index is 0.104. The third-order valence-electron chi connectivity index (χ3n) is 3.86. The topological polar surface area (TPSA) is 69.0 Å². The molecule has 0 bridgehead atoms. The predicted molar refractivity (Wildman–Crippen MR) is 103 cm³/mol. The summed E-state index contributed by atoms with van der Waals surface area (Å²) in [6, 6.07) is 17.1. The number of anilines is 1. The van der Waals surface area contributed by atoms with E-state index >= 15 is 0 Å². The molecule has 3 rings (SSSR count). The van der Waals surface area contributed by atoms with Crippen LogP contribution < -0.4 is 10.1 Å². The molecule has 0 saturated heterocycles. The van der Waals surface area contributed by atoms with Crippen LogP contribution in [-0.4, -0.2) is 33.0 Å². The third kappa shape index (κ3) is 4.05. The van der Waals surface area contributed by atoms with Crippen LogP contribution in [0.5, 0.6) is 5.75 Å². The van der Waals surface area contributed by atoms with E-state index < -0.39 is 0 Å². The molecule has 1 aromatic heterocycles. The Kier molecular flexibility index (Phi) is 5.58. The molecule has 1 amide bonds. The van der Waals surface area contributed by atoms with Crippen molar-refractivity contribution in [2.75, 3.05) is 12.4 Å². The van der Waals surface area contributed by atoms with E-state index in [9.17, 15) is 4.79 Å². The minimum Gasteiger partial charge on any atom is -0.497 e. The highest BCUT2D eigenvalue weighted by molar-refractivity contribution is 8.00. The quantitative estimate of drug-likeness (QED) is 0.673. The summed E-state index contributed by atoms with van der Waals surface area (Å²) < 4.78 is 7.07. The largest absolute Gasteiger partial charge is 0.497 e. The second-order valence-electron chi connectivity index (χ2n) is 5.71. The van der Waals surface area contributed by atoms with Crippen molar-refractivity contribution in [3.05, 3.63) is 54.6 Å². The number of thioether (sulfide) groups is 1. The van der Waals surface area contributed by atoms with Crippen molar-refractivity contribution in [1.29, 1.82) is 0 Å². The van der Waals surface area contributed by atoms with E-state index in [1.54, 1.807) is 13.2 Å². The zero-order valence-electron chi connectivity index (χ0n) is 14.8. The summed E-state index contributed by atoms with van der Waals surface area (Å²) in [6.45, 7) is 1.84. The molecule has 134 valence electrons. The van der Waals surface area contributed by atoms with E-state index in [1.807, 2.05) is 67.1 Å². The molecule has 1 N–H and O–H groups in total. The van der Waals surface area contributed by atoms with Gasteiger partial charge in [-0.25, -0.2) is 0 Å². The number of nitrogens with one attached hydrogen (secondary N) is 1. The molecule has 0 aliphatic carbocycles. The first kappa shape index (κ1) is 18.0. The smallest absolute Gasteiger partial charge is 0.237 e. The van der Waals surface area contributed by atoms with E-state index in [-0.39, 0.29) is 11.2 Å². The summed E-state index contributed by atoms with van der Waals surface area (Å²) in [7, 11) is 3.50. The van der Waals surface area contributed by atoms with Crippen LogP contribution in [-0.2, 0) is 11.8 Å². The Morgan fingerprint density at radius 1 is 1.15 bits per heavy atom. The van der Waals surface area contributed by atoms with Gasteiger partial charge in [-0.1, -0.05) is 48.2 Å². The van der Waals surface area contributed by atoms with E-state index in [1.165, 1.54) is 11.8 Å². The number of benzene rings is 2. The molecule has 0 radical (unpaired) electrons. The Morgan fingerprint density at radius 3 is 2.65 bits per heavy atom. The van der Waals surface area contributed by atoms with Crippen molar-refractivity contribution in [2.24, 2.45) is 7.05 Å². The van der Waals surface area contributed by atoms with Gasteiger partial charge in [0.2, 0.25) is 5.91 Å². The number of aromatic nitrogens is 3. The third-order valence-corrected chi connectivity index (χ3v) is 4.99. The fraction of sp³-hybridized carbons (Fsp3) is 0.211. The van der Waals surface area contributed by atoms with Crippen molar-refractivity contribution in [1.82, 2.24) is 14.8 Å². The fourth-order valence-corrected chi connectivity index (χ4v) is 3.23. The molecule has 2 aromatic carbocycles. The molecule has 0 unspecified atom stereocenters. The van der Waals surface area contributed by atoms with Gasteiger partial charge in [0.15, 0.2) is 11.0 Å². The highest BCUT2D eigenvalue weighted by Crippen LogP contribution is 2.26. The van der Waals surface area contributed by atoms with Crippen LogP contribution in [0.4, 0.5) is 5.69 Å². The molecule has 26 heavy (non-hydrogen) atoms. The van der Waals surface area contributed by atoms with Gasteiger partial charge < -0.3 is 14.6 Å². The molecule has 0 aliphatic heterocycles. The van der Waals surface area contributed by atoms with Gasteiger partial charge in [-0.2, -0.15) is 0 Å². The molecule has 0 aliphatic rings. The molecular weight excluding hydrogens is 348 g/mol. The number of carbonyl (C=O) groups is 1. The highest BCUT2D eigenvalue weighted by atomic mass is 32.2. The average Bonchev–Trinajstić information content (AvgIpc) is 3.03. The number of hydrogen-bond donors (Lipinski definition) is 1. The molecule has 3 aromatic rings. The van der Waals surface area contributed by atoms with Gasteiger partial charge >= 0.3 is 0 Å². The van der Waals surface area contributed by atoms with Crippen molar-refractivity contribution in [2.45, 2.75) is 17.3 Å². The van der Waals surface area contributed by atoms with Crippen LogP contribution in [0.2, 0.25) is 0 Å². The number of methoxy groups -OCH3 is 1. The average molecular weight is 368 g/mol. The van der Waals surface area contributed by atoms with Gasteiger partial charge in [0.1, 0.15) is 5.75 Å². The maximum absolute atomic E-state index is 12.5. The maximum atomic E-state index is 12.5. The molecular formula is C19H20N4O2S. The van der Waals surface area contributed by atoms with Gasteiger partial charge in [0.05, 0.1) is 12.4 Å². The second kappa shape index (κ2) is 8.05. The molecule has 0 spiro atoms. The maximum Gasteiger partial charge on any atom is 0.237 e. The van der Waals surface area contributed by atoms with Crippen LogP contribution in [0.25, 0.3) is 11.4 Å². The van der Waals surface area contributed by atoms with Gasteiger partial charge in [0, 0.05) is 24.4 Å². The number of nitrogens with zero attached hydrogens (tertiary/aromatic N) is 3. The van der Waals surface area contributed by atoms with Gasteiger partial charge in [-0.15, -0.1) is 10.2 Å². The fourth-order valence-electron chi connectivity index (χ4n) is 2.41. The lowest BCUT2D eigenvalue weighted by atomic mass is 10.2. The summed E-state index contributed by atoms with van der Waals surface area (Å²) >= 11 is 1.37. The first-order valence-corrected chi connectivity index (χ1v) is 9.03. The van der Waals surface area contributed by atoms with Crippen molar-refractivity contribution >= 4 is 23.4 Å². The van der Waals surface area contributed by atoms with Crippen LogP contribution in [0, 0.1) is 0 Å². The SMILES string of the molecule is COc1cccc(NC(=O)[C@H](C)Sc2nnc(-c3ccccc3)n2C)c1. The second-order valence-corrected chi connectivity index (χ2v) is 7.02. The Labute approximate surface area is 156 Å². The zero-order chi connectivity index (χ0) is 18.5. The molecule has 1 heterocycles. The van der Waals surface area contributed by atoms with Gasteiger partial charge in [-0.05, 0) is 19.1 Å². The van der Waals surface area contributed by atoms with Gasteiger partial charge in [0.25, 0.3) is 0 Å². The lowest BCUT2D eigenvalue weighted by molar-refractivity contribution is -0.115. The van der Waals surface area contributed by atoms with Crippen molar-refractivity contribution in [3.8, 4) is 17.1 Å². The Hall–Kier alpha value is -2.80. The summed E-state index contributed by atoms with van der Waals surface area (Å²) in [5.74, 6) is 1.37. The minimum atomic E-state index is -0.326. The predicted octanol–water partition coefficient (Wildman–Crippen LogP) is 3.61. The standard InChI is InChI=1S/C19H20N4O2S/c1-13(18(24)20-15-10-7-11-16(12-15)25-3)26-19-22-21-17(23(19)2)14-8-5-4-6-9-14/h4-13H,1-3H3,(H,20,24)/t13-/m0/s1. The molecule has 0 saturated carbocycles. The summed E-state index contributed by atoms with van der Waals surface area (Å²) in [5.41, 5.74) is 1.69. The molecule has 1 atom stereocenters. The number of hydrogen-bond acceptors (Lipinski definition) is 5. The summed E-state index contributed by atoms with van der Waals surface area (Å²) in [6.07, 6.45) is 0. The Balaban J connectivity index is 1.69. The molecule has 0 fully saturated rings. The number of ether oxygens (including phenoxy) is 1. The normalized spacial score (nSPS) is 11.8. The van der Waals surface area contributed by atoms with Crippen molar-refractivity contribution in [3.63, 3.8) is 0 Å². The first-order valence-electron chi connectivity index (χ1n) is 8.15. The first-order chi connectivity index (χ1) is 12.6. The van der Waals surface area contributed by atoms with Crippen LogP contribution >= 0.6 is 11.8 Å². The van der Waals surface area contributed by atoms with Crippen LogP contribution in [0.3, 0.4) is 0 Å². The summed E-state index contributed by atoms with van der Waals surface area (Å²) in [4.78, 5) is 12.5. The monoisotopic (exact) mass is 368 g/mol. The van der Waals surface area contributed by atoms with E-state index in [4.69, 9.17) is 4.74 Å². The van der Waals surface area contributed by atoms with Crippen LogP contribution in [0.15, 0.2) is 59.8 Å². The molecule has 7 heteroatoms. The summed E-state index contributed by atoms with van der Waals surface area (Å²) in [5, 5.41) is 11.7. The van der Waals surface area contributed by atoms with E-state index in [0.29, 0.717) is 16.6 Å². The van der Waals surface area contributed by atoms with E-state index in [0.717, 1.165) is 11.4 Å². The lowest BCUT2D eigenvalue weighted by Crippen LogP contribution is -2.22. The van der Waals surface area contributed by atoms with Crippen molar-refractivity contribution < 1.29 is 9.53 Å². The Bertz CT molecular complexity index is 896. The number of rotatable bonds is 6. The molecule has 6 nitrogen and oxygen atoms in total.